The van der Waals surface area contributed by atoms with Crippen LogP contribution in [0.1, 0.15) is 45.4 Å². The van der Waals surface area contributed by atoms with Crippen LogP contribution in [0.2, 0.25) is 0 Å². The molecule has 2 aliphatic heterocycles. The van der Waals surface area contributed by atoms with Crippen LogP contribution in [0.25, 0.3) is 0 Å². The number of nitrogens with one attached hydrogen (secondary N) is 2. The number of amides is 2. The lowest BCUT2D eigenvalue weighted by atomic mass is 9.89. The van der Waals surface area contributed by atoms with E-state index in [2.05, 4.69) is 20.4 Å². The Bertz CT molecular complexity index is 557. The highest BCUT2D eigenvalue weighted by molar-refractivity contribution is 5.93. The topological polar surface area (TPSA) is 73.9 Å². The molecule has 152 valence electrons. The number of nitrogens with zero attached hydrogens (tertiary/aromatic N) is 2. The predicted octanol–water partition coefficient (Wildman–Crippen LogP) is 1.70. The third kappa shape index (κ3) is 5.94. The van der Waals surface area contributed by atoms with E-state index in [1.54, 1.807) is 6.92 Å². The van der Waals surface area contributed by atoms with E-state index in [9.17, 15) is 9.59 Å². The second kappa shape index (κ2) is 10.1. The number of rotatable bonds is 6. The van der Waals surface area contributed by atoms with Gasteiger partial charge in [0.1, 0.15) is 0 Å². The van der Waals surface area contributed by atoms with Gasteiger partial charge in [0.05, 0.1) is 18.7 Å². The molecule has 2 N–H and O–H groups in total. The average Bonchev–Trinajstić information content (AvgIpc) is 2.88. The summed E-state index contributed by atoms with van der Waals surface area (Å²) in [5, 5.41) is 5.49. The molecule has 0 aromatic rings. The molecule has 7 heteroatoms. The van der Waals surface area contributed by atoms with Gasteiger partial charge in [-0.25, -0.2) is 9.59 Å². The van der Waals surface area contributed by atoms with Crippen molar-refractivity contribution >= 4 is 12.0 Å². The van der Waals surface area contributed by atoms with Crippen molar-refractivity contribution in [2.45, 2.75) is 45.4 Å². The molecule has 3 rings (SSSR count). The van der Waals surface area contributed by atoms with E-state index in [0.29, 0.717) is 24.4 Å². The van der Waals surface area contributed by atoms with Crippen LogP contribution >= 0.6 is 0 Å². The molecule has 0 aromatic carbocycles. The van der Waals surface area contributed by atoms with Crippen LogP contribution < -0.4 is 10.6 Å². The molecule has 2 amide bonds. The number of urea groups is 1. The maximum atomic E-state index is 12.2. The fourth-order valence-corrected chi connectivity index (χ4v) is 4.40. The molecule has 0 atom stereocenters. The Hall–Kier alpha value is -1.60. The Morgan fingerprint density at radius 2 is 1.81 bits per heavy atom. The van der Waals surface area contributed by atoms with Gasteiger partial charge in [-0.1, -0.05) is 19.3 Å². The van der Waals surface area contributed by atoms with Crippen LogP contribution in [0.3, 0.4) is 0 Å². The molecule has 2 fully saturated rings. The monoisotopic (exact) mass is 378 g/mol. The number of hydrogen-bond acceptors (Lipinski definition) is 5. The van der Waals surface area contributed by atoms with Gasteiger partial charge in [-0.05, 0) is 45.2 Å². The van der Waals surface area contributed by atoms with Crippen molar-refractivity contribution in [2.75, 3.05) is 52.4 Å². The predicted molar refractivity (Wildman–Crippen MR) is 104 cm³/mol. The van der Waals surface area contributed by atoms with Crippen molar-refractivity contribution in [2.24, 2.45) is 5.92 Å². The average molecular weight is 379 g/mol. The van der Waals surface area contributed by atoms with Crippen LogP contribution in [-0.2, 0) is 9.53 Å². The summed E-state index contributed by atoms with van der Waals surface area (Å²) in [4.78, 5) is 28.9. The van der Waals surface area contributed by atoms with E-state index in [4.69, 9.17) is 4.74 Å². The molecule has 0 bridgehead atoms. The summed E-state index contributed by atoms with van der Waals surface area (Å²) in [5.41, 5.74) is 1.23. The van der Waals surface area contributed by atoms with Gasteiger partial charge in [-0.3, -0.25) is 4.90 Å². The number of carbonyl (C=O) groups is 2. The van der Waals surface area contributed by atoms with Crippen molar-refractivity contribution in [1.82, 2.24) is 20.4 Å². The maximum absolute atomic E-state index is 12.2. The number of esters is 1. The molecule has 0 spiro atoms. The molecular weight excluding hydrogens is 344 g/mol. The van der Waals surface area contributed by atoms with Crippen molar-refractivity contribution in [3.8, 4) is 0 Å². The summed E-state index contributed by atoms with van der Waals surface area (Å²) in [7, 11) is 0. The minimum atomic E-state index is -0.339. The van der Waals surface area contributed by atoms with Gasteiger partial charge in [0.25, 0.3) is 0 Å². The lowest BCUT2D eigenvalue weighted by Gasteiger charge is -2.29. The van der Waals surface area contributed by atoms with Crippen molar-refractivity contribution in [3.05, 3.63) is 11.3 Å². The molecule has 7 nitrogen and oxygen atoms in total. The Balaban J connectivity index is 1.55. The highest BCUT2D eigenvalue weighted by Crippen LogP contribution is 2.24. The largest absolute Gasteiger partial charge is 0.463 e. The van der Waals surface area contributed by atoms with Crippen LogP contribution in [0, 0.1) is 5.92 Å². The van der Waals surface area contributed by atoms with E-state index < -0.39 is 0 Å². The van der Waals surface area contributed by atoms with Crippen molar-refractivity contribution < 1.29 is 14.3 Å². The van der Waals surface area contributed by atoms with Gasteiger partial charge in [0, 0.05) is 31.9 Å². The zero-order chi connectivity index (χ0) is 19.1. The number of hydrogen-bond donors (Lipinski definition) is 2. The SMILES string of the molecule is CCOC(=O)C1=C(CN2CCCN(CC3CCCCC3)CC2)NC(=O)NC1. The molecular formula is C20H34N4O3. The Kier molecular flexibility index (Phi) is 7.52. The highest BCUT2D eigenvalue weighted by Gasteiger charge is 2.26. The van der Waals surface area contributed by atoms with Crippen LogP contribution in [0.15, 0.2) is 11.3 Å². The number of ether oxygens (including phenoxy) is 1. The Labute approximate surface area is 162 Å². The van der Waals surface area contributed by atoms with E-state index in [-0.39, 0.29) is 18.5 Å². The molecule has 2 heterocycles. The maximum Gasteiger partial charge on any atom is 0.337 e. The van der Waals surface area contributed by atoms with Gasteiger partial charge in [0.15, 0.2) is 0 Å². The molecule has 0 radical (unpaired) electrons. The zero-order valence-electron chi connectivity index (χ0n) is 16.6. The normalized spacial score (nSPS) is 23.5. The standard InChI is InChI=1S/C20H34N4O3/c1-2-27-19(25)17-13-21-20(26)22-18(17)15-24-10-6-9-23(11-12-24)14-16-7-4-3-5-8-16/h16H,2-15H2,1H3,(H2,21,22,26). The minimum Gasteiger partial charge on any atom is -0.463 e. The van der Waals surface area contributed by atoms with Gasteiger partial charge < -0.3 is 20.3 Å². The van der Waals surface area contributed by atoms with Gasteiger partial charge in [-0.2, -0.15) is 0 Å². The van der Waals surface area contributed by atoms with E-state index in [0.717, 1.165) is 38.5 Å². The molecule has 1 saturated heterocycles. The molecule has 1 aliphatic carbocycles. The minimum absolute atomic E-state index is 0.238. The summed E-state index contributed by atoms with van der Waals surface area (Å²) >= 11 is 0. The lowest BCUT2D eigenvalue weighted by Crippen LogP contribution is -2.47. The summed E-state index contributed by atoms with van der Waals surface area (Å²) in [6.07, 6.45) is 8.08. The zero-order valence-corrected chi connectivity index (χ0v) is 16.6. The summed E-state index contributed by atoms with van der Waals surface area (Å²) < 4.78 is 5.15. The van der Waals surface area contributed by atoms with Crippen molar-refractivity contribution in [3.63, 3.8) is 0 Å². The Morgan fingerprint density at radius 1 is 1.07 bits per heavy atom. The second-order valence-electron chi connectivity index (χ2n) is 7.92. The molecule has 0 aromatic heterocycles. The summed E-state index contributed by atoms with van der Waals surface area (Å²) in [5.74, 6) is 0.529. The smallest absolute Gasteiger partial charge is 0.337 e. The third-order valence-electron chi connectivity index (χ3n) is 5.88. The van der Waals surface area contributed by atoms with Crippen LogP contribution in [0.5, 0.6) is 0 Å². The summed E-state index contributed by atoms with van der Waals surface area (Å²) in [6, 6.07) is -0.244. The van der Waals surface area contributed by atoms with Gasteiger partial charge in [-0.15, -0.1) is 0 Å². The van der Waals surface area contributed by atoms with Gasteiger partial charge in [0.2, 0.25) is 0 Å². The van der Waals surface area contributed by atoms with E-state index in [1.165, 1.54) is 38.6 Å². The molecule has 0 unspecified atom stereocenters. The lowest BCUT2D eigenvalue weighted by molar-refractivity contribution is -0.138. The Morgan fingerprint density at radius 3 is 2.59 bits per heavy atom. The first-order valence-corrected chi connectivity index (χ1v) is 10.5. The van der Waals surface area contributed by atoms with Crippen molar-refractivity contribution in [1.29, 1.82) is 0 Å². The molecule has 1 saturated carbocycles. The first-order valence-electron chi connectivity index (χ1n) is 10.5. The fraction of sp³-hybridized carbons (Fsp3) is 0.800. The van der Waals surface area contributed by atoms with Crippen LogP contribution in [0.4, 0.5) is 4.79 Å². The first kappa shape index (κ1) is 20.1. The number of carbonyl (C=O) groups excluding carboxylic acids is 2. The first-order chi connectivity index (χ1) is 13.2. The summed E-state index contributed by atoms with van der Waals surface area (Å²) in [6.45, 7) is 8.35. The van der Waals surface area contributed by atoms with E-state index in [1.807, 2.05) is 0 Å². The molecule has 27 heavy (non-hydrogen) atoms. The van der Waals surface area contributed by atoms with Gasteiger partial charge >= 0.3 is 12.0 Å². The highest BCUT2D eigenvalue weighted by atomic mass is 16.5. The third-order valence-corrected chi connectivity index (χ3v) is 5.88. The second-order valence-corrected chi connectivity index (χ2v) is 7.92. The quantitative estimate of drug-likeness (QED) is 0.689. The van der Waals surface area contributed by atoms with Crippen LogP contribution in [-0.4, -0.2) is 74.2 Å². The van der Waals surface area contributed by atoms with E-state index >= 15 is 0 Å². The fourth-order valence-electron chi connectivity index (χ4n) is 4.40. The molecule has 3 aliphatic rings.